The van der Waals surface area contributed by atoms with E-state index >= 15 is 0 Å². The third kappa shape index (κ3) is 2.80. The second-order valence-electron chi connectivity index (χ2n) is 5.18. The van der Waals surface area contributed by atoms with Gasteiger partial charge in [-0.15, -0.1) is 11.3 Å². The highest BCUT2D eigenvalue weighted by Crippen LogP contribution is 2.29. The molecule has 0 amide bonds. The van der Waals surface area contributed by atoms with E-state index < -0.39 is 11.4 Å². The van der Waals surface area contributed by atoms with E-state index in [1.54, 1.807) is 19.2 Å². The maximum Gasteiger partial charge on any atom is 0.315 e. The monoisotopic (exact) mass is 291 g/mol. The molecular formula is C14H17N3O2S. The Morgan fingerprint density at radius 2 is 2.00 bits per heavy atom. The second kappa shape index (κ2) is 5.20. The van der Waals surface area contributed by atoms with Crippen LogP contribution in [0.25, 0.3) is 0 Å². The molecule has 2 aromatic rings. The summed E-state index contributed by atoms with van der Waals surface area (Å²) in [6, 6.07) is 3.87. The van der Waals surface area contributed by atoms with Gasteiger partial charge in [-0.3, -0.25) is 9.78 Å². The fraction of sp³-hybridized carbons (Fsp3) is 0.357. The highest BCUT2D eigenvalue weighted by atomic mass is 32.1. The lowest BCUT2D eigenvalue weighted by atomic mass is 9.90. The van der Waals surface area contributed by atoms with Gasteiger partial charge in [0.15, 0.2) is 5.13 Å². The molecule has 0 aromatic carbocycles. The van der Waals surface area contributed by atoms with Gasteiger partial charge in [0.25, 0.3) is 0 Å². The van der Waals surface area contributed by atoms with E-state index in [0.29, 0.717) is 10.8 Å². The van der Waals surface area contributed by atoms with Crippen LogP contribution in [0, 0.1) is 13.8 Å². The molecule has 0 spiro atoms. The Balaban J connectivity index is 2.24. The molecule has 5 nitrogen and oxygen atoms in total. The molecule has 0 radical (unpaired) electrons. The van der Waals surface area contributed by atoms with Crippen molar-refractivity contribution in [2.75, 3.05) is 5.32 Å². The maximum absolute atomic E-state index is 11.2. The van der Waals surface area contributed by atoms with Crippen LogP contribution in [0.2, 0.25) is 0 Å². The first kappa shape index (κ1) is 14.5. The van der Waals surface area contributed by atoms with Crippen molar-refractivity contribution in [3.8, 4) is 0 Å². The number of aromatic nitrogens is 2. The van der Waals surface area contributed by atoms with Gasteiger partial charge in [0.05, 0.1) is 17.1 Å². The summed E-state index contributed by atoms with van der Waals surface area (Å²) in [7, 11) is 0. The first-order chi connectivity index (χ1) is 9.30. The molecule has 106 valence electrons. The van der Waals surface area contributed by atoms with Gasteiger partial charge in [-0.25, -0.2) is 4.98 Å². The number of hydrogen-bond acceptors (Lipinski definition) is 5. The maximum atomic E-state index is 11.2. The molecule has 6 heteroatoms. The number of carboxylic acid groups (broad SMARTS) is 1. The number of carboxylic acids is 1. The van der Waals surface area contributed by atoms with Gasteiger partial charge in [0.1, 0.15) is 5.41 Å². The van der Waals surface area contributed by atoms with Gasteiger partial charge in [-0.05, 0) is 39.8 Å². The Morgan fingerprint density at radius 3 is 2.60 bits per heavy atom. The summed E-state index contributed by atoms with van der Waals surface area (Å²) in [5.74, 6) is -0.887. The summed E-state index contributed by atoms with van der Waals surface area (Å²) in [5, 5.41) is 14.8. The zero-order chi connectivity index (χ0) is 14.9. The number of thiazole rings is 1. The van der Waals surface area contributed by atoms with Gasteiger partial charge in [-0.1, -0.05) is 0 Å². The van der Waals surface area contributed by atoms with E-state index in [4.69, 9.17) is 0 Å². The minimum absolute atomic E-state index is 0.551. The first-order valence-corrected chi connectivity index (χ1v) is 7.09. The minimum Gasteiger partial charge on any atom is -0.481 e. The third-order valence-corrected chi connectivity index (χ3v) is 3.90. The predicted molar refractivity (Wildman–Crippen MR) is 79.8 cm³/mol. The van der Waals surface area contributed by atoms with E-state index in [-0.39, 0.29) is 0 Å². The van der Waals surface area contributed by atoms with E-state index in [1.807, 2.05) is 26.0 Å². The Hall–Kier alpha value is -1.95. The summed E-state index contributed by atoms with van der Waals surface area (Å²) >= 11 is 1.39. The molecule has 0 bridgehead atoms. The number of anilines is 2. The smallest absolute Gasteiger partial charge is 0.315 e. The highest BCUT2D eigenvalue weighted by molar-refractivity contribution is 7.13. The summed E-state index contributed by atoms with van der Waals surface area (Å²) < 4.78 is 0. The van der Waals surface area contributed by atoms with Gasteiger partial charge >= 0.3 is 5.97 Å². The van der Waals surface area contributed by atoms with Crippen LogP contribution in [0.4, 0.5) is 10.8 Å². The minimum atomic E-state index is -0.989. The Kier molecular flexibility index (Phi) is 3.76. The van der Waals surface area contributed by atoms with Crippen LogP contribution in [0.3, 0.4) is 0 Å². The number of aliphatic carboxylic acids is 1. The Labute approximate surface area is 121 Å². The highest BCUT2D eigenvalue weighted by Gasteiger charge is 2.32. The molecule has 0 fully saturated rings. The van der Waals surface area contributed by atoms with Crippen molar-refractivity contribution in [2.24, 2.45) is 0 Å². The number of hydrogen-bond donors (Lipinski definition) is 2. The molecule has 20 heavy (non-hydrogen) atoms. The van der Waals surface area contributed by atoms with Crippen LogP contribution in [-0.2, 0) is 10.2 Å². The van der Waals surface area contributed by atoms with Crippen LogP contribution in [0.5, 0.6) is 0 Å². The van der Waals surface area contributed by atoms with Crippen molar-refractivity contribution in [1.82, 2.24) is 9.97 Å². The topological polar surface area (TPSA) is 75.1 Å². The number of pyridine rings is 1. The Bertz CT molecular complexity index is 650. The van der Waals surface area contributed by atoms with E-state index in [2.05, 4.69) is 15.3 Å². The van der Waals surface area contributed by atoms with Crippen molar-refractivity contribution in [3.05, 3.63) is 34.6 Å². The van der Waals surface area contributed by atoms with Crippen LogP contribution >= 0.6 is 11.3 Å². The first-order valence-electron chi connectivity index (χ1n) is 6.21. The van der Waals surface area contributed by atoms with Gasteiger partial charge in [-0.2, -0.15) is 0 Å². The number of aryl methyl sites for hydroxylation is 2. The van der Waals surface area contributed by atoms with Crippen LogP contribution in [-0.4, -0.2) is 21.0 Å². The zero-order valence-electron chi connectivity index (χ0n) is 11.9. The molecule has 2 rings (SSSR count). The lowest BCUT2D eigenvalue weighted by Gasteiger charge is -2.15. The lowest BCUT2D eigenvalue weighted by Crippen LogP contribution is -2.28. The number of rotatable bonds is 4. The van der Waals surface area contributed by atoms with Crippen LogP contribution in [0.1, 0.15) is 30.9 Å². The lowest BCUT2D eigenvalue weighted by molar-refractivity contribution is -0.142. The number of nitrogens with one attached hydrogen (secondary N) is 1. The third-order valence-electron chi connectivity index (χ3n) is 3.15. The van der Waals surface area contributed by atoms with Crippen molar-refractivity contribution in [2.45, 2.75) is 33.1 Å². The van der Waals surface area contributed by atoms with E-state index in [0.717, 1.165) is 17.1 Å². The van der Waals surface area contributed by atoms with E-state index in [1.165, 1.54) is 11.3 Å². The number of nitrogens with zero attached hydrogens (tertiary/aromatic N) is 2. The summed E-state index contributed by atoms with van der Waals surface area (Å²) in [6.07, 6.45) is 0. The summed E-state index contributed by atoms with van der Waals surface area (Å²) in [5.41, 5.74) is 2.29. The van der Waals surface area contributed by atoms with Crippen LogP contribution < -0.4 is 5.32 Å². The average Bonchev–Trinajstić information content (AvgIpc) is 2.81. The van der Waals surface area contributed by atoms with Crippen molar-refractivity contribution in [3.63, 3.8) is 0 Å². The molecule has 0 aliphatic heterocycles. The summed E-state index contributed by atoms with van der Waals surface area (Å²) in [6.45, 7) is 7.15. The quantitative estimate of drug-likeness (QED) is 0.904. The van der Waals surface area contributed by atoms with Crippen molar-refractivity contribution >= 4 is 28.1 Å². The van der Waals surface area contributed by atoms with Gasteiger partial charge in [0.2, 0.25) is 0 Å². The fourth-order valence-electron chi connectivity index (χ4n) is 1.66. The van der Waals surface area contributed by atoms with Crippen molar-refractivity contribution in [1.29, 1.82) is 0 Å². The largest absolute Gasteiger partial charge is 0.481 e. The molecule has 0 saturated heterocycles. The normalized spacial score (nSPS) is 11.4. The van der Waals surface area contributed by atoms with E-state index in [9.17, 15) is 9.90 Å². The standard InChI is InChI=1S/C14H17N3O2S/c1-8-5-6-10(9(2)15-8)16-13-17-11(7-20-13)14(3,4)12(18)19/h5-7H,1-4H3,(H,16,17)(H,18,19). The van der Waals surface area contributed by atoms with Crippen LogP contribution in [0.15, 0.2) is 17.5 Å². The molecule has 0 saturated carbocycles. The zero-order valence-corrected chi connectivity index (χ0v) is 12.7. The molecule has 0 atom stereocenters. The average molecular weight is 291 g/mol. The molecule has 2 N–H and O–H groups in total. The molecule has 2 aromatic heterocycles. The molecule has 2 heterocycles. The molecule has 0 aliphatic carbocycles. The summed E-state index contributed by atoms with van der Waals surface area (Å²) in [4.78, 5) is 19.9. The number of carbonyl (C=O) groups is 1. The Morgan fingerprint density at radius 1 is 1.30 bits per heavy atom. The predicted octanol–water partition coefficient (Wildman–Crippen LogP) is 3.26. The van der Waals surface area contributed by atoms with Gasteiger partial charge in [0, 0.05) is 11.1 Å². The molecule has 0 unspecified atom stereocenters. The van der Waals surface area contributed by atoms with Gasteiger partial charge < -0.3 is 10.4 Å². The molecule has 0 aliphatic rings. The SMILES string of the molecule is Cc1ccc(Nc2nc(C(C)(C)C(=O)O)cs2)c(C)n1. The van der Waals surface area contributed by atoms with Crippen molar-refractivity contribution < 1.29 is 9.90 Å². The fourth-order valence-corrected chi connectivity index (χ4v) is 2.55. The molecular weight excluding hydrogens is 274 g/mol. The second-order valence-corrected chi connectivity index (χ2v) is 6.04.